The SMILES string of the molecule is COC(=O)CCN1C(=O)N=C2C=CC=CC2C1=O. The van der Waals surface area contributed by atoms with Crippen molar-refractivity contribution in [1.82, 2.24) is 4.90 Å². The molecule has 0 spiro atoms. The monoisotopic (exact) mass is 248 g/mol. The number of rotatable bonds is 3. The van der Waals surface area contributed by atoms with Gasteiger partial charge in [-0.3, -0.25) is 14.5 Å². The van der Waals surface area contributed by atoms with Gasteiger partial charge in [-0.25, -0.2) is 4.79 Å². The van der Waals surface area contributed by atoms with Gasteiger partial charge in [0, 0.05) is 6.54 Å². The summed E-state index contributed by atoms with van der Waals surface area (Å²) < 4.78 is 4.47. The van der Waals surface area contributed by atoms with E-state index in [9.17, 15) is 14.4 Å². The smallest absolute Gasteiger partial charge is 0.350 e. The normalized spacial score (nSPS) is 21.7. The van der Waals surface area contributed by atoms with Crippen LogP contribution in [-0.4, -0.2) is 42.2 Å². The Morgan fingerprint density at radius 3 is 2.94 bits per heavy atom. The van der Waals surface area contributed by atoms with Crippen LogP contribution in [0, 0.1) is 5.92 Å². The van der Waals surface area contributed by atoms with E-state index in [2.05, 4.69) is 9.73 Å². The summed E-state index contributed by atoms with van der Waals surface area (Å²) in [7, 11) is 1.26. The molecule has 0 aromatic heterocycles. The van der Waals surface area contributed by atoms with Gasteiger partial charge >= 0.3 is 12.0 Å². The van der Waals surface area contributed by atoms with Gasteiger partial charge in [-0.1, -0.05) is 18.2 Å². The van der Waals surface area contributed by atoms with Crippen molar-refractivity contribution in [3.63, 3.8) is 0 Å². The number of methoxy groups -OCH3 is 1. The fourth-order valence-corrected chi connectivity index (χ4v) is 1.79. The highest BCUT2D eigenvalue weighted by atomic mass is 16.5. The number of imide groups is 1. The first-order chi connectivity index (χ1) is 8.63. The number of aliphatic imine (C=N–C) groups is 1. The van der Waals surface area contributed by atoms with Crippen LogP contribution in [-0.2, 0) is 14.3 Å². The number of hydrogen-bond acceptors (Lipinski definition) is 4. The average molecular weight is 248 g/mol. The molecule has 94 valence electrons. The van der Waals surface area contributed by atoms with Gasteiger partial charge in [0.2, 0.25) is 5.91 Å². The zero-order valence-electron chi connectivity index (χ0n) is 9.83. The standard InChI is InChI=1S/C12H12N2O4/c1-18-10(15)6-7-14-11(16)8-4-2-3-5-9(8)13-12(14)17/h2-5,8H,6-7H2,1H3. The minimum Gasteiger partial charge on any atom is -0.469 e. The lowest BCUT2D eigenvalue weighted by atomic mass is 9.95. The molecule has 3 amide bonds. The van der Waals surface area contributed by atoms with Crippen molar-refractivity contribution >= 4 is 23.6 Å². The number of nitrogens with zero attached hydrogens (tertiary/aromatic N) is 2. The fourth-order valence-electron chi connectivity index (χ4n) is 1.79. The van der Waals surface area contributed by atoms with Crippen molar-refractivity contribution in [2.45, 2.75) is 6.42 Å². The molecule has 0 fully saturated rings. The Morgan fingerprint density at radius 2 is 2.22 bits per heavy atom. The fraction of sp³-hybridized carbons (Fsp3) is 0.333. The van der Waals surface area contributed by atoms with Gasteiger partial charge in [0.25, 0.3) is 0 Å². The van der Waals surface area contributed by atoms with Crippen molar-refractivity contribution in [2.75, 3.05) is 13.7 Å². The topological polar surface area (TPSA) is 76.0 Å². The van der Waals surface area contributed by atoms with Crippen LogP contribution in [0.1, 0.15) is 6.42 Å². The molecule has 18 heavy (non-hydrogen) atoms. The van der Waals surface area contributed by atoms with Gasteiger partial charge in [-0.05, 0) is 6.08 Å². The van der Waals surface area contributed by atoms with Gasteiger partial charge in [0.1, 0.15) is 0 Å². The molecular formula is C12H12N2O4. The van der Waals surface area contributed by atoms with E-state index in [-0.39, 0.29) is 18.9 Å². The van der Waals surface area contributed by atoms with Crippen molar-refractivity contribution in [3.8, 4) is 0 Å². The summed E-state index contributed by atoms with van der Waals surface area (Å²) >= 11 is 0. The van der Waals surface area contributed by atoms with Gasteiger partial charge in [0.15, 0.2) is 0 Å². The molecule has 0 saturated heterocycles. The number of urea groups is 1. The lowest BCUT2D eigenvalue weighted by Gasteiger charge is -2.27. The molecule has 2 rings (SSSR count). The van der Waals surface area contributed by atoms with E-state index in [0.29, 0.717) is 5.71 Å². The number of ether oxygens (including phenoxy) is 1. The molecule has 2 aliphatic rings. The molecular weight excluding hydrogens is 236 g/mol. The van der Waals surface area contributed by atoms with E-state index in [1.807, 2.05) is 0 Å². The predicted octanol–water partition coefficient (Wildman–Crippen LogP) is 0.695. The molecule has 1 heterocycles. The van der Waals surface area contributed by atoms with Gasteiger partial charge < -0.3 is 4.74 Å². The minimum atomic E-state index is -0.630. The molecule has 0 aromatic carbocycles. The Morgan fingerprint density at radius 1 is 1.44 bits per heavy atom. The first-order valence-electron chi connectivity index (χ1n) is 5.49. The van der Waals surface area contributed by atoms with Crippen LogP contribution in [0.5, 0.6) is 0 Å². The Balaban J connectivity index is 2.13. The zero-order chi connectivity index (χ0) is 13.1. The first-order valence-corrected chi connectivity index (χ1v) is 5.49. The molecule has 1 unspecified atom stereocenters. The van der Waals surface area contributed by atoms with E-state index in [4.69, 9.17) is 0 Å². The summed E-state index contributed by atoms with van der Waals surface area (Å²) in [4.78, 5) is 39.6. The second-order valence-electron chi connectivity index (χ2n) is 3.86. The second-order valence-corrected chi connectivity index (χ2v) is 3.86. The van der Waals surface area contributed by atoms with Crippen LogP contribution in [0.2, 0.25) is 0 Å². The molecule has 0 radical (unpaired) electrons. The number of amides is 3. The highest BCUT2D eigenvalue weighted by Crippen LogP contribution is 2.19. The Hall–Kier alpha value is -2.24. The van der Waals surface area contributed by atoms with Crippen LogP contribution in [0.15, 0.2) is 29.3 Å². The maximum Gasteiger partial charge on any atom is 0.350 e. The Kier molecular flexibility index (Phi) is 3.36. The molecule has 1 aliphatic heterocycles. The predicted molar refractivity (Wildman–Crippen MR) is 62.9 cm³/mol. The van der Waals surface area contributed by atoms with Crippen molar-refractivity contribution in [3.05, 3.63) is 24.3 Å². The maximum atomic E-state index is 12.1. The summed E-state index contributed by atoms with van der Waals surface area (Å²) in [5.74, 6) is -1.34. The summed E-state index contributed by atoms with van der Waals surface area (Å²) in [5, 5.41) is 0. The van der Waals surface area contributed by atoms with Gasteiger partial charge in [-0.15, -0.1) is 0 Å². The third-order valence-corrected chi connectivity index (χ3v) is 2.76. The number of hydrogen-bond donors (Lipinski definition) is 0. The molecule has 1 atom stereocenters. The first kappa shape index (κ1) is 12.2. The Bertz CT molecular complexity index is 490. The highest BCUT2D eigenvalue weighted by molar-refractivity contribution is 6.21. The van der Waals surface area contributed by atoms with Crippen LogP contribution in [0.4, 0.5) is 4.79 Å². The number of carbonyl (C=O) groups excluding carboxylic acids is 3. The third kappa shape index (κ3) is 2.22. The van der Waals surface area contributed by atoms with Crippen molar-refractivity contribution in [1.29, 1.82) is 0 Å². The maximum absolute atomic E-state index is 12.1. The summed E-state index contributed by atoms with van der Waals surface area (Å²) in [5.41, 5.74) is 0.446. The number of esters is 1. The molecule has 0 N–H and O–H groups in total. The van der Waals surface area contributed by atoms with Gasteiger partial charge in [-0.2, -0.15) is 4.99 Å². The molecule has 6 heteroatoms. The van der Waals surface area contributed by atoms with E-state index < -0.39 is 17.9 Å². The average Bonchev–Trinajstić information content (AvgIpc) is 2.38. The van der Waals surface area contributed by atoms with Gasteiger partial charge in [0.05, 0.1) is 25.2 Å². The molecule has 0 saturated carbocycles. The number of fused-ring (bicyclic) bond motifs is 1. The minimum absolute atomic E-state index is 0.00479. The molecule has 0 bridgehead atoms. The summed E-state index contributed by atoms with van der Waals surface area (Å²) in [6, 6.07) is -0.630. The highest BCUT2D eigenvalue weighted by Gasteiger charge is 2.35. The quantitative estimate of drug-likeness (QED) is 0.689. The second kappa shape index (κ2) is 4.95. The number of allylic oxidation sites excluding steroid dienone is 3. The van der Waals surface area contributed by atoms with Crippen LogP contribution in [0.3, 0.4) is 0 Å². The number of carbonyl (C=O) groups is 3. The zero-order valence-corrected chi connectivity index (χ0v) is 9.83. The van der Waals surface area contributed by atoms with E-state index >= 15 is 0 Å². The van der Waals surface area contributed by atoms with E-state index in [0.717, 1.165) is 4.90 Å². The summed E-state index contributed by atoms with van der Waals surface area (Å²) in [6.45, 7) is -0.00479. The molecule has 6 nitrogen and oxygen atoms in total. The largest absolute Gasteiger partial charge is 0.469 e. The summed E-state index contributed by atoms with van der Waals surface area (Å²) in [6.07, 6.45) is 6.75. The van der Waals surface area contributed by atoms with E-state index in [1.165, 1.54) is 7.11 Å². The van der Waals surface area contributed by atoms with Crippen molar-refractivity contribution in [2.24, 2.45) is 10.9 Å². The third-order valence-electron chi connectivity index (χ3n) is 2.76. The lowest BCUT2D eigenvalue weighted by Crippen LogP contribution is -2.46. The molecule has 0 aromatic rings. The molecule has 1 aliphatic carbocycles. The van der Waals surface area contributed by atoms with Crippen LogP contribution in [0.25, 0.3) is 0 Å². The van der Waals surface area contributed by atoms with E-state index in [1.54, 1.807) is 24.3 Å². The van der Waals surface area contributed by atoms with Crippen LogP contribution < -0.4 is 0 Å². The lowest BCUT2D eigenvalue weighted by molar-refractivity contribution is -0.141. The Labute approximate surface area is 104 Å². The van der Waals surface area contributed by atoms with Crippen molar-refractivity contribution < 1.29 is 19.1 Å². The van der Waals surface area contributed by atoms with Crippen LogP contribution >= 0.6 is 0 Å².